The van der Waals surface area contributed by atoms with Crippen molar-refractivity contribution in [2.75, 3.05) is 13.2 Å². The molecule has 3 N–H and O–H groups in total. The van der Waals surface area contributed by atoms with Gasteiger partial charge in [0, 0.05) is 24.7 Å². The lowest BCUT2D eigenvalue weighted by molar-refractivity contribution is -0.122. The fourth-order valence-corrected chi connectivity index (χ4v) is 1.57. The number of carbonyl (C=O) groups is 1. The second kappa shape index (κ2) is 6.96. The van der Waals surface area contributed by atoms with E-state index >= 15 is 0 Å². The Labute approximate surface area is 108 Å². The molecule has 100 valence electrons. The average Bonchev–Trinajstić information content (AvgIpc) is 2.27. The monoisotopic (exact) mass is 251 g/mol. The number of aromatic nitrogens is 1. The largest absolute Gasteiger partial charge is 0.482 e. The summed E-state index contributed by atoms with van der Waals surface area (Å²) in [6.07, 6.45) is 0.631. The van der Waals surface area contributed by atoms with Crippen LogP contribution in [0.1, 0.15) is 25.2 Å². The number of aryl methyl sites for hydroxylation is 1. The predicted molar refractivity (Wildman–Crippen MR) is 70.5 cm³/mol. The molecule has 1 atom stereocenters. The molecule has 18 heavy (non-hydrogen) atoms. The van der Waals surface area contributed by atoms with Gasteiger partial charge in [-0.25, -0.2) is 0 Å². The van der Waals surface area contributed by atoms with Crippen LogP contribution in [-0.4, -0.2) is 30.1 Å². The highest BCUT2D eigenvalue weighted by atomic mass is 16.5. The number of amides is 1. The number of carbonyl (C=O) groups excluding carboxylic acids is 1. The SMILES string of the molecule is CCNC(=O)COc1ccc(C)nc1CC(C)N. The summed E-state index contributed by atoms with van der Waals surface area (Å²) in [5.41, 5.74) is 7.49. The molecule has 0 radical (unpaired) electrons. The van der Waals surface area contributed by atoms with E-state index in [2.05, 4.69) is 10.3 Å². The molecule has 1 aromatic rings. The third kappa shape index (κ3) is 4.71. The van der Waals surface area contributed by atoms with Crippen molar-refractivity contribution in [3.05, 3.63) is 23.5 Å². The Morgan fingerprint density at radius 1 is 1.56 bits per heavy atom. The molecule has 0 bridgehead atoms. The third-order valence-corrected chi connectivity index (χ3v) is 2.32. The Balaban J connectivity index is 2.71. The van der Waals surface area contributed by atoms with Crippen molar-refractivity contribution in [1.29, 1.82) is 0 Å². The van der Waals surface area contributed by atoms with Crippen molar-refractivity contribution in [2.24, 2.45) is 5.73 Å². The molecule has 0 aliphatic heterocycles. The van der Waals surface area contributed by atoms with Crippen LogP contribution >= 0.6 is 0 Å². The van der Waals surface area contributed by atoms with Crippen molar-refractivity contribution >= 4 is 5.91 Å². The first kappa shape index (κ1) is 14.4. The number of hydrogen-bond acceptors (Lipinski definition) is 4. The molecule has 0 saturated heterocycles. The van der Waals surface area contributed by atoms with Crippen LogP contribution in [0.5, 0.6) is 5.75 Å². The van der Waals surface area contributed by atoms with Gasteiger partial charge < -0.3 is 15.8 Å². The van der Waals surface area contributed by atoms with Crippen LogP contribution < -0.4 is 15.8 Å². The third-order valence-electron chi connectivity index (χ3n) is 2.32. The van der Waals surface area contributed by atoms with Crippen LogP contribution in [0.4, 0.5) is 0 Å². The summed E-state index contributed by atoms with van der Waals surface area (Å²) >= 11 is 0. The van der Waals surface area contributed by atoms with Crippen LogP contribution in [0.3, 0.4) is 0 Å². The number of rotatable bonds is 6. The van der Waals surface area contributed by atoms with Gasteiger partial charge in [-0.1, -0.05) is 0 Å². The zero-order valence-electron chi connectivity index (χ0n) is 11.2. The van der Waals surface area contributed by atoms with Gasteiger partial charge in [0.1, 0.15) is 5.75 Å². The summed E-state index contributed by atoms with van der Waals surface area (Å²) in [4.78, 5) is 15.7. The molecule has 0 aliphatic rings. The van der Waals surface area contributed by atoms with Gasteiger partial charge in [0.15, 0.2) is 6.61 Å². The molecule has 0 aromatic carbocycles. The normalized spacial score (nSPS) is 12.0. The number of pyridine rings is 1. The lowest BCUT2D eigenvalue weighted by atomic mass is 10.1. The maximum Gasteiger partial charge on any atom is 0.257 e. The first-order valence-electron chi connectivity index (χ1n) is 6.14. The van der Waals surface area contributed by atoms with E-state index < -0.39 is 0 Å². The summed E-state index contributed by atoms with van der Waals surface area (Å²) in [5, 5.41) is 2.68. The highest BCUT2D eigenvalue weighted by Crippen LogP contribution is 2.18. The van der Waals surface area contributed by atoms with E-state index in [0.29, 0.717) is 18.7 Å². The van der Waals surface area contributed by atoms with Crippen LogP contribution in [0.25, 0.3) is 0 Å². The van der Waals surface area contributed by atoms with Crippen LogP contribution in [-0.2, 0) is 11.2 Å². The highest BCUT2D eigenvalue weighted by molar-refractivity contribution is 5.77. The number of nitrogens with one attached hydrogen (secondary N) is 1. The van der Waals surface area contributed by atoms with Crippen molar-refractivity contribution in [2.45, 2.75) is 33.2 Å². The average molecular weight is 251 g/mol. The Hall–Kier alpha value is -1.62. The smallest absolute Gasteiger partial charge is 0.257 e. The van der Waals surface area contributed by atoms with Gasteiger partial charge in [0.2, 0.25) is 0 Å². The topological polar surface area (TPSA) is 77.2 Å². The van der Waals surface area contributed by atoms with E-state index in [1.165, 1.54) is 0 Å². The van der Waals surface area contributed by atoms with Crippen molar-refractivity contribution in [1.82, 2.24) is 10.3 Å². The van der Waals surface area contributed by atoms with Gasteiger partial charge >= 0.3 is 0 Å². The standard InChI is InChI=1S/C13H21N3O2/c1-4-15-13(17)8-18-12-6-5-10(3)16-11(12)7-9(2)14/h5-6,9H,4,7-8,14H2,1-3H3,(H,15,17). The fourth-order valence-electron chi connectivity index (χ4n) is 1.57. The summed E-state index contributed by atoms with van der Waals surface area (Å²) in [6.45, 7) is 6.30. The molecular formula is C13H21N3O2. The van der Waals surface area contributed by atoms with E-state index in [4.69, 9.17) is 10.5 Å². The Morgan fingerprint density at radius 3 is 2.89 bits per heavy atom. The van der Waals surface area contributed by atoms with E-state index in [9.17, 15) is 4.79 Å². The number of likely N-dealkylation sites (N-methyl/N-ethyl adjacent to an activating group) is 1. The van der Waals surface area contributed by atoms with E-state index in [0.717, 1.165) is 11.4 Å². The number of hydrogen-bond donors (Lipinski definition) is 2. The molecule has 0 spiro atoms. The lowest BCUT2D eigenvalue weighted by Gasteiger charge is -2.12. The van der Waals surface area contributed by atoms with Crippen molar-refractivity contribution < 1.29 is 9.53 Å². The zero-order chi connectivity index (χ0) is 13.5. The first-order chi connectivity index (χ1) is 8.52. The molecule has 1 rings (SSSR count). The van der Waals surface area contributed by atoms with E-state index in [-0.39, 0.29) is 18.6 Å². The maximum absolute atomic E-state index is 11.3. The lowest BCUT2D eigenvalue weighted by Crippen LogP contribution is -2.29. The van der Waals surface area contributed by atoms with E-state index in [1.807, 2.05) is 32.9 Å². The van der Waals surface area contributed by atoms with Gasteiger partial charge in [-0.15, -0.1) is 0 Å². The fraction of sp³-hybridized carbons (Fsp3) is 0.538. The molecule has 1 heterocycles. The van der Waals surface area contributed by atoms with Crippen LogP contribution in [0.15, 0.2) is 12.1 Å². The molecule has 1 aromatic heterocycles. The number of nitrogens with zero attached hydrogens (tertiary/aromatic N) is 1. The number of ether oxygens (including phenoxy) is 1. The quantitative estimate of drug-likeness (QED) is 0.784. The minimum atomic E-state index is -0.134. The summed E-state index contributed by atoms with van der Waals surface area (Å²) in [5.74, 6) is 0.494. The Kier molecular flexibility index (Phi) is 5.58. The van der Waals surface area contributed by atoms with Gasteiger partial charge in [-0.05, 0) is 32.9 Å². The minimum absolute atomic E-state index is 0.00450. The maximum atomic E-state index is 11.3. The Bertz CT molecular complexity index is 405. The molecule has 1 unspecified atom stereocenters. The second-order valence-electron chi connectivity index (χ2n) is 4.32. The van der Waals surface area contributed by atoms with Gasteiger partial charge in [0.05, 0.1) is 5.69 Å². The van der Waals surface area contributed by atoms with Crippen molar-refractivity contribution in [3.8, 4) is 5.75 Å². The highest BCUT2D eigenvalue weighted by Gasteiger charge is 2.10. The van der Waals surface area contributed by atoms with E-state index in [1.54, 1.807) is 0 Å². The molecule has 5 nitrogen and oxygen atoms in total. The summed E-state index contributed by atoms with van der Waals surface area (Å²) in [7, 11) is 0. The van der Waals surface area contributed by atoms with Crippen LogP contribution in [0.2, 0.25) is 0 Å². The minimum Gasteiger partial charge on any atom is -0.482 e. The molecule has 0 saturated carbocycles. The second-order valence-corrected chi connectivity index (χ2v) is 4.32. The zero-order valence-corrected chi connectivity index (χ0v) is 11.2. The summed E-state index contributed by atoms with van der Waals surface area (Å²) in [6, 6.07) is 3.70. The molecule has 0 fully saturated rings. The van der Waals surface area contributed by atoms with Gasteiger partial charge in [-0.2, -0.15) is 0 Å². The first-order valence-corrected chi connectivity index (χ1v) is 6.14. The summed E-state index contributed by atoms with van der Waals surface area (Å²) < 4.78 is 5.48. The van der Waals surface area contributed by atoms with Gasteiger partial charge in [0.25, 0.3) is 5.91 Å². The molecule has 0 aliphatic carbocycles. The molecule has 1 amide bonds. The number of nitrogens with two attached hydrogens (primary N) is 1. The molecular weight excluding hydrogens is 230 g/mol. The Morgan fingerprint density at radius 2 is 2.28 bits per heavy atom. The van der Waals surface area contributed by atoms with Crippen LogP contribution in [0, 0.1) is 6.92 Å². The molecule has 5 heteroatoms. The predicted octanol–water partition coefficient (Wildman–Crippen LogP) is 0.795. The van der Waals surface area contributed by atoms with Crippen molar-refractivity contribution in [3.63, 3.8) is 0 Å². The van der Waals surface area contributed by atoms with Gasteiger partial charge in [-0.3, -0.25) is 9.78 Å².